The molecule has 0 aromatic rings. The molecule has 0 radical (unpaired) electrons. The first kappa shape index (κ1) is 18.9. The first-order valence-electron chi connectivity index (χ1n) is 8.88. The third-order valence-corrected chi connectivity index (χ3v) is 4.63. The predicted molar refractivity (Wildman–Crippen MR) is 91.8 cm³/mol. The Hall–Kier alpha value is -0.120. The lowest BCUT2D eigenvalue weighted by atomic mass is 9.81. The smallest absolute Gasteiger partial charge is 0.0464 e. The van der Waals surface area contributed by atoms with Crippen molar-refractivity contribution in [2.45, 2.75) is 53.4 Å². The molecule has 1 aliphatic rings. The number of piperazine rings is 1. The molecule has 1 rings (SSSR count). The largest absolute Gasteiger partial charge is 0.385 e. The lowest BCUT2D eigenvalue weighted by Gasteiger charge is -2.34. The van der Waals surface area contributed by atoms with E-state index in [2.05, 4.69) is 37.5 Å². The number of hydrogen-bond donors (Lipinski definition) is 0. The van der Waals surface area contributed by atoms with E-state index in [0.717, 1.165) is 12.5 Å². The van der Waals surface area contributed by atoms with Crippen LogP contribution < -0.4 is 0 Å². The third kappa shape index (κ3) is 8.80. The average molecular weight is 299 g/mol. The summed E-state index contributed by atoms with van der Waals surface area (Å²) in [6.45, 7) is 17.8. The van der Waals surface area contributed by atoms with Crippen molar-refractivity contribution in [3.8, 4) is 0 Å². The van der Waals surface area contributed by atoms with Crippen LogP contribution in [0.5, 0.6) is 0 Å². The van der Waals surface area contributed by atoms with Gasteiger partial charge in [-0.2, -0.15) is 0 Å². The van der Waals surface area contributed by atoms with Crippen molar-refractivity contribution in [1.82, 2.24) is 9.80 Å². The van der Waals surface area contributed by atoms with Crippen molar-refractivity contribution in [3.05, 3.63) is 0 Å². The predicted octanol–water partition coefficient (Wildman–Crippen LogP) is 3.49. The van der Waals surface area contributed by atoms with Gasteiger partial charge in [0, 0.05) is 39.9 Å². The molecule has 1 aliphatic heterocycles. The minimum atomic E-state index is 0.436. The molecular weight excluding hydrogens is 260 g/mol. The van der Waals surface area contributed by atoms with Crippen LogP contribution in [0, 0.1) is 11.3 Å². The summed E-state index contributed by atoms with van der Waals surface area (Å²) in [5.74, 6) is 0.821. The van der Waals surface area contributed by atoms with Crippen molar-refractivity contribution in [2.24, 2.45) is 11.3 Å². The molecule has 1 fully saturated rings. The minimum absolute atomic E-state index is 0.436. The molecule has 126 valence electrons. The fraction of sp³-hybridized carbons (Fsp3) is 1.00. The van der Waals surface area contributed by atoms with Crippen LogP contribution in [0.2, 0.25) is 0 Å². The lowest BCUT2D eigenvalue weighted by Crippen LogP contribution is -2.46. The minimum Gasteiger partial charge on any atom is -0.385 e. The highest BCUT2D eigenvalue weighted by Crippen LogP contribution is 2.29. The molecule has 0 aliphatic carbocycles. The van der Waals surface area contributed by atoms with Crippen molar-refractivity contribution in [2.75, 3.05) is 53.0 Å². The Morgan fingerprint density at radius 1 is 1.00 bits per heavy atom. The van der Waals surface area contributed by atoms with E-state index in [1.807, 2.05) is 7.11 Å². The van der Waals surface area contributed by atoms with E-state index in [4.69, 9.17) is 4.74 Å². The molecule has 0 aromatic heterocycles. The molecule has 21 heavy (non-hydrogen) atoms. The number of nitrogens with zero attached hydrogens (tertiary/aromatic N) is 2. The first-order valence-corrected chi connectivity index (χ1v) is 8.88. The van der Waals surface area contributed by atoms with Crippen LogP contribution in [0.1, 0.15) is 53.4 Å². The summed E-state index contributed by atoms with van der Waals surface area (Å²) in [7, 11) is 1.82. The van der Waals surface area contributed by atoms with Gasteiger partial charge in [0.2, 0.25) is 0 Å². The van der Waals surface area contributed by atoms with Crippen molar-refractivity contribution >= 4 is 0 Å². The van der Waals surface area contributed by atoms with Gasteiger partial charge in [-0.3, -0.25) is 0 Å². The van der Waals surface area contributed by atoms with Gasteiger partial charge >= 0.3 is 0 Å². The zero-order valence-corrected chi connectivity index (χ0v) is 15.2. The molecule has 1 atom stereocenters. The fourth-order valence-corrected chi connectivity index (χ4v) is 3.43. The maximum absolute atomic E-state index is 5.29. The SMILES string of the molecule is CCN1CCN(CCC[C@H](CCOC)CC(C)(C)C)CC1. The Bertz CT molecular complexity index is 254. The summed E-state index contributed by atoms with van der Waals surface area (Å²) in [4.78, 5) is 5.20. The molecular formula is C18H38N2O. The molecule has 0 saturated carbocycles. The maximum Gasteiger partial charge on any atom is 0.0464 e. The van der Waals surface area contributed by atoms with Crippen LogP contribution in [-0.2, 0) is 4.74 Å². The van der Waals surface area contributed by atoms with Gasteiger partial charge in [-0.15, -0.1) is 0 Å². The normalized spacial score (nSPS) is 19.9. The Kier molecular flexibility index (Phi) is 8.84. The van der Waals surface area contributed by atoms with Gasteiger partial charge in [-0.1, -0.05) is 27.7 Å². The Morgan fingerprint density at radius 2 is 1.62 bits per heavy atom. The van der Waals surface area contributed by atoms with Gasteiger partial charge in [-0.25, -0.2) is 0 Å². The Balaban J connectivity index is 2.23. The number of methoxy groups -OCH3 is 1. The van der Waals surface area contributed by atoms with E-state index in [9.17, 15) is 0 Å². The summed E-state index contributed by atoms with van der Waals surface area (Å²) in [5.41, 5.74) is 0.436. The molecule has 0 unspecified atom stereocenters. The van der Waals surface area contributed by atoms with E-state index >= 15 is 0 Å². The maximum atomic E-state index is 5.29. The number of likely N-dealkylation sites (N-methyl/N-ethyl adjacent to an activating group) is 1. The van der Waals surface area contributed by atoms with E-state index in [-0.39, 0.29) is 0 Å². The highest BCUT2D eigenvalue weighted by molar-refractivity contribution is 4.73. The summed E-state index contributed by atoms with van der Waals surface area (Å²) in [6.07, 6.45) is 5.24. The topological polar surface area (TPSA) is 15.7 Å². The molecule has 0 bridgehead atoms. The molecule has 0 aromatic carbocycles. The Morgan fingerprint density at radius 3 is 2.14 bits per heavy atom. The molecule has 3 nitrogen and oxygen atoms in total. The zero-order valence-electron chi connectivity index (χ0n) is 15.2. The van der Waals surface area contributed by atoms with Crippen molar-refractivity contribution in [3.63, 3.8) is 0 Å². The Labute approximate surface area is 133 Å². The molecule has 0 N–H and O–H groups in total. The zero-order chi connectivity index (χ0) is 15.7. The van der Waals surface area contributed by atoms with E-state index in [1.165, 1.54) is 65.0 Å². The van der Waals surface area contributed by atoms with Gasteiger partial charge in [0.25, 0.3) is 0 Å². The first-order chi connectivity index (χ1) is 9.94. The van der Waals surface area contributed by atoms with E-state index < -0.39 is 0 Å². The van der Waals surface area contributed by atoms with Gasteiger partial charge in [-0.05, 0) is 50.1 Å². The quantitative estimate of drug-likeness (QED) is 0.648. The second kappa shape index (κ2) is 9.81. The third-order valence-electron chi connectivity index (χ3n) is 4.63. The van der Waals surface area contributed by atoms with Crippen molar-refractivity contribution < 1.29 is 4.74 Å². The van der Waals surface area contributed by atoms with E-state index in [0.29, 0.717) is 5.41 Å². The second-order valence-electron chi connectivity index (χ2n) is 7.83. The van der Waals surface area contributed by atoms with Crippen LogP contribution in [0.15, 0.2) is 0 Å². The molecule has 1 saturated heterocycles. The lowest BCUT2D eigenvalue weighted by molar-refractivity contribution is 0.128. The highest BCUT2D eigenvalue weighted by Gasteiger charge is 2.19. The van der Waals surface area contributed by atoms with Crippen LogP contribution >= 0.6 is 0 Å². The number of ether oxygens (including phenoxy) is 1. The van der Waals surface area contributed by atoms with Gasteiger partial charge in [0.15, 0.2) is 0 Å². The monoisotopic (exact) mass is 298 g/mol. The van der Waals surface area contributed by atoms with Crippen LogP contribution in [0.3, 0.4) is 0 Å². The van der Waals surface area contributed by atoms with Gasteiger partial charge in [0.05, 0.1) is 0 Å². The summed E-state index contributed by atoms with van der Waals surface area (Å²) >= 11 is 0. The van der Waals surface area contributed by atoms with Crippen LogP contribution in [-0.4, -0.2) is 62.8 Å². The summed E-state index contributed by atoms with van der Waals surface area (Å²) in [6, 6.07) is 0. The van der Waals surface area contributed by atoms with Crippen LogP contribution in [0.4, 0.5) is 0 Å². The molecule has 3 heteroatoms. The van der Waals surface area contributed by atoms with Gasteiger partial charge < -0.3 is 14.5 Å². The molecule has 0 spiro atoms. The number of hydrogen-bond acceptors (Lipinski definition) is 3. The fourth-order valence-electron chi connectivity index (χ4n) is 3.43. The van der Waals surface area contributed by atoms with Crippen LogP contribution in [0.25, 0.3) is 0 Å². The summed E-state index contributed by atoms with van der Waals surface area (Å²) < 4.78 is 5.29. The van der Waals surface area contributed by atoms with Crippen molar-refractivity contribution in [1.29, 1.82) is 0 Å². The standard InChI is InChI=1S/C18H38N2O/c1-6-19-11-13-20(14-12-19)10-7-8-17(9-15-21-5)16-18(2,3)4/h17H,6-16H2,1-5H3/t17-/m1/s1. The average Bonchev–Trinajstić information content (AvgIpc) is 2.44. The van der Waals surface area contributed by atoms with E-state index in [1.54, 1.807) is 0 Å². The molecule has 1 heterocycles. The number of rotatable bonds is 9. The van der Waals surface area contributed by atoms with Gasteiger partial charge in [0.1, 0.15) is 0 Å². The molecule has 0 amide bonds. The second-order valence-corrected chi connectivity index (χ2v) is 7.83. The summed E-state index contributed by atoms with van der Waals surface area (Å²) in [5, 5.41) is 0. The highest BCUT2D eigenvalue weighted by atomic mass is 16.5.